The first-order valence-electron chi connectivity index (χ1n) is 10.2. The van der Waals surface area contributed by atoms with Crippen LogP contribution in [0.25, 0.3) is 0 Å². The van der Waals surface area contributed by atoms with Crippen molar-refractivity contribution in [1.29, 1.82) is 0 Å². The molecule has 0 saturated heterocycles. The molecule has 168 valence electrons. The Bertz CT molecular complexity index is 1220. The van der Waals surface area contributed by atoms with Crippen LogP contribution >= 0.6 is 23.4 Å². The average Bonchev–Trinajstić information content (AvgIpc) is 2.79. The molecule has 3 aromatic rings. The van der Waals surface area contributed by atoms with E-state index in [1.807, 2.05) is 49.6 Å². The van der Waals surface area contributed by atoms with Crippen LogP contribution in [0.5, 0.6) is 0 Å². The first-order valence-corrected chi connectivity index (χ1v) is 11.8. The van der Waals surface area contributed by atoms with Gasteiger partial charge in [-0.3, -0.25) is 19.1 Å². The number of thioether (sulfide) groups is 1. The molecule has 32 heavy (non-hydrogen) atoms. The van der Waals surface area contributed by atoms with Gasteiger partial charge in [0.25, 0.3) is 11.5 Å². The van der Waals surface area contributed by atoms with E-state index in [0.717, 1.165) is 16.9 Å². The van der Waals surface area contributed by atoms with Crippen LogP contribution in [-0.4, -0.2) is 28.3 Å². The third-order valence-electron chi connectivity index (χ3n) is 5.05. The maximum Gasteiger partial charge on any atom is 0.330 e. The van der Waals surface area contributed by atoms with Gasteiger partial charge in [-0.2, -0.15) is 0 Å². The summed E-state index contributed by atoms with van der Waals surface area (Å²) in [6.07, 6.45) is 3.33. The maximum atomic E-state index is 13.5. The number of carbonyl (C=O) groups excluding carboxylic acids is 1. The number of H-pyrrole nitrogens is 1. The van der Waals surface area contributed by atoms with E-state index >= 15 is 0 Å². The molecule has 0 bridgehead atoms. The van der Waals surface area contributed by atoms with Gasteiger partial charge in [0.1, 0.15) is 5.82 Å². The quantitative estimate of drug-likeness (QED) is 0.483. The Morgan fingerprint density at radius 1 is 1.19 bits per heavy atom. The SMILES string of the molecule is CCCCN(C(=O)c1cc(SC)ccc1Cl)c1c(N)n(Cc2ccccc2)c(=O)[nH]c1=O. The molecule has 0 unspecified atom stereocenters. The topological polar surface area (TPSA) is 101 Å². The molecule has 0 radical (unpaired) electrons. The van der Waals surface area contributed by atoms with Gasteiger partial charge in [0.15, 0.2) is 5.69 Å². The number of halogens is 1. The monoisotopic (exact) mass is 472 g/mol. The van der Waals surface area contributed by atoms with E-state index in [-0.39, 0.29) is 35.2 Å². The third-order valence-corrected chi connectivity index (χ3v) is 6.11. The summed E-state index contributed by atoms with van der Waals surface area (Å²) in [5, 5.41) is 0.280. The molecule has 9 heteroatoms. The molecule has 7 nitrogen and oxygen atoms in total. The van der Waals surface area contributed by atoms with Crippen molar-refractivity contribution < 1.29 is 4.79 Å². The smallest absolute Gasteiger partial charge is 0.330 e. The summed E-state index contributed by atoms with van der Waals surface area (Å²) in [5.41, 5.74) is 6.04. The van der Waals surface area contributed by atoms with Gasteiger partial charge in [-0.25, -0.2) is 4.79 Å². The number of aromatic nitrogens is 2. The first-order chi connectivity index (χ1) is 15.4. The molecule has 1 heterocycles. The van der Waals surface area contributed by atoms with Gasteiger partial charge in [-0.1, -0.05) is 55.3 Å². The molecule has 3 N–H and O–H groups in total. The Labute approximate surface area is 195 Å². The van der Waals surface area contributed by atoms with Gasteiger partial charge in [0.2, 0.25) is 0 Å². The van der Waals surface area contributed by atoms with Crippen LogP contribution in [0.1, 0.15) is 35.7 Å². The number of nitrogens with one attached hydrogen (secondary N) is 1. The van der Waals surface area contributed by atoms with Crippen LogP contribution in [0, 0.1) is 0 Å². The second-order valence-corrected chi connectivity index (χ2v) is 8.51. The fraction of sp³-hybridized carbons (Fsp3) is 0.261. The summed E-state index contributed by atoms with van der Waals surface area (Å²) in [4.78, 5) is 43.4. The summed E-state index contributed by atoms with van der Waals surface area (Å²) in [6, 6.07) is 14.4. The van der Waals surface area contributed by atoms with Crippen LogP contribution in [0.3, 0.4) is 0 Å². The van der Waals surface area contributed by atoms with Gasteiger partial charge in [-0.15, -0.1) is 11.8 Å². The van der Waals surface area contributed by atoms with Gasteiger partial charge in [0.05, 0.1) is 17.1 Å². The standard InChI is InChI=1S/C23H25ClN4O3S/c1-3-4-12-27(22(30)17-13-16(32-2)10-11-18(17)24)19-20(25)28(23(31)26-21(19)29)14-15-8-6-5-7-9-15/h5-11,13H,3-4,12,14,25H2,1-2H3,(H,26,29,31). The highest BCUT2D eigenvalue weighted by Gasteiger charge is 2.26. The van der Waals surface area contributed by atoms with Crippen molar-refractivity contribution in [3.05, 3.63) is 85.5 Å². The van der Waals surface area contributed by atoms with E-state index < -0.39 is 17.2 Å². The second-order valence-electron chi connectivity index (χ2n) is 7.22. The summed E-state index contributed by atoms with van der Waals surface area (Å²) >= 11 is 7.81. The fourth-order valence-electron chi connectivity index (χ4n) is 3.33. The maximum absolute atomic E-state index is 13.5. The number of carbonyl (C=O) groups is 1. The Balaban J connectivity index is 2.13. The number of nitrogens with two attached hydrogens (primary N) is 1. The molecule has 1 amide bonds. The number of benzene rings is 2. The highest BCUT2D eigenvalue weighted by molar-refractivity contribution is 7.98. The van der Waals surface area contributed by atoms with E-state index in [1.165, 1.54) is 21.2 Å². The zero-order valence-electron chi connectivity index (χ0n) is 17.9. The predicted octanol–water partition coefficient (Wildman–Crippen LogP) is 3.99. The number of nitrogens with zero attached hydrogens (tertiary/aromatic N) is 2. The largest absolute Gasteiger partial charge is 0.383 e. The van der Waals surface area contributed by atoms with Gasteiger partial charge < -0.3 is 10.6 Å². The third kappa shape index (κ3) is 5.08. The molecule has 0 aliphatic heterocycles. The highest BCUT2D eigenvalue weighted by atomic mass is 35.5. The minimum atomic E-state index is -0.710. The Kier molecular flexibility index (Phi) is 7.82. The predicted molar refractivity (Wildman–Crippen MR) is 131 cm³/mol. The van der Waals surface area contributed by atoms with Crippen LogP contribution in [0.4, 0.5) is 11.5 Å². The lowest BCUT2D eigenvalue weighted by molar-refractivity contribution is 0.0986. The normalized spacial score (nSPS) is 10.8. The van der Waals surface area contributed by atoms with Crippen LogP contribution in [0.2, 0.25) is 5.02 Å². The molecule has 0 fully saturated rings. The minimum absolute atomic E-state index is 0.0513. The van der Waals surface area contributed by atoms with E-state index in [9.17, 15) is 14.4 Å². The van der Waals surface area contributed by atoms with Crippen molar-refractivity contribution in [3.8, 4) is 0 Å². The van der Waals surface area contributed by atoms with Crippen LogP contribution < -0.4 is 21.9 Å². The van der Waals surface area contributed by atoms with Crippen molar-refractivity contribution in [3.63, 3.8) is 0 Å². The zero-order valence-corrected chi connectivity index (χ0v) is 19.5. The lowest BCUT2D eigenvalue weighted by atomic mass is 10.1. The van der Waals surface area contributed by atoms with Crippen molar-refractivity contribution >= 4 is 40.8 Å². The highest BCUT2D eigenvalue weighted by Crippen LogP contribution is 2.27. The number of hydrogen-bond donors (Lipinski definition) is 2. The zero-order chi connectivity index (χ0) is 23.3. The fourth-order valence-corrected chi connectivity index (χ4v) is 3.97. The second kappa shape index (κ2) is 10.6. The van der Waals surface area contributed by atoms with Crippen molar-refractivity contribution in [2.45, 2.75) is 31.2 Å². The molecular formula is C23H25ClN4O3S. The summed E-state index contributed by atoms with van der Waals surface area (Å²) in [6.45, 7) is 2.40. The lowest BCUT2D eigenvalue weighted by Gasteiger charge is -2.25. The summed E-state index contributed by atoms with van der Waals surface area (Å²) < 4.78 is 1.26. The minimum Gasteiger partial charge on any atom is -0.383 e. The number of nitrogen functional groups attached to an aromatic ring is 1. The first kappa shape index (κ1) is 23.7. The summed E-state index contributed by atoms with van der Waals surface area (Å²) in [5.74, 6) is -0.509. The van der Waals surface area contributed by atoms with E-state index in [1.54, 1.807) is 12.1 Å². The van der Waals surface area contributed by atoms with Gasteiger partial charge in [-0.05, 0) is 36.4 Å². The molecule has 0 spiro atoms. The average molecular weight is 473 g/mol. The van der Waals surface area contributed by atoms with E-state index in [0.29, 0.717) is 6.42 Å². The molecule has 0 aliphatic rings. The van der Waals surface area contributed by atoms with E-state index in [2.05, 4.69) is 4.98 Å². The molecule has 2 aromatic carbocycles. The number of rotatable bonds is 8. The number of hydrogen-bond acceptors (Lipinski definition) is 5. The molecule has 0 atom stereocenters. The molecule has 3 rings (SSSR count). The number of anilines is 2. The Morgan fingerprint density at radius 2 is 1.91 bits per heavy atom. The Hall–Kier alpha value is -2.97. The number of unbranched alkanes of at least 4 members (excludes halogenated alkanes) is 1. The lowest BCUT2D eigenvalue weighted by Crippen LogP contribution is -2.41. The summed E-state index contributed by atoms with van der Waals surface area (Å²) in [7, 11) is 0. The number of amides is 1. The Morgan fingerprint density at radius 3 is 2.56 bits per heavy atom. The van der Waals surface area contributed by atoms with Crippen molar-refractivity contribution in [2.75, 3.05) is 23.4 Å². The molecule has 1 aromatic heterocycles. The molecular weight excluding hydrogens is 448 g/mol. The van der Waals surface area contributed by atoms with E-state index in [4.69, 9.17) is 17.3 Å². The van der Waals surface area contributed by atoms with Crippen LogP contribution in [-0.2, 0) is 6.54 Å². The molecule has 0 aliphatic carbocycles. The van der Waals surface area contributed by atoms with Gasteiger partial charge in [0, 0.05) is 11.4 Å². The van der Waals surface area contributed by atoms with Crippen molar-refractivity contribution in [1.82, 2.24) is 9.55 Å². The number of aromatic amines is 1. The molecule has 0 saturated carbocycles. The van der Waals surface area contributed by atoms with Crippen molar-refractivity contribution in [2.24, 2.45) is 0 Å². The van der Waals surface area contributed by atoms with Gasteiger partial charge >= 0.3 is 5.69 Å². The van der Waals surface area contributed by atoms with Crippen LogP contribution in [0.15, 0.2) is 63.0 Å².